The van der Waals surface area contributed by atoms with Crippen LogP contribution in [-0.4, -0.2) is 56.4 Å². The SMILES string of the molecule is Nc1nc(CN2CCN(C(=O)CCn3ccc4ccccc43)CC2)nc2ccccc12. The molecular weight excluding hydrogens is 388 g/mol. The molecule has 2 aromatic carbocycles. The van der Waals surface area contributed by atoms with Gasteiger partial charge in [0.1, 0.15) is 11.6 Å². The standard InChI is InChI=1S/C24H26N6O/c25-24-19-6-2-3-7-20(19)26-22(27-24)17-28-13-15-30(16-14-28)23(31)10-12-29-11-9-18-5-1-4-8-21(18)29/h1-9,11H,10,12-17H2,(H2,25,26,27). The first-order chi connectivity index (χ1) is 15.2. The average molecular weight is 415 g/mol. The maximum atomic E-state index is 12.7. The van der Waals surface area contributed by atoms with Crippen molar-refractivity contribution < 1.29 is 4.79 Å². The Kier molecular flexibility index (Phi) is 5.26. The first kappa shape index (κ1) is 19.5. The van der Waals surface area contributed by atoms with Crippen LogP contribution in [0.25, 0.3) is 21.8 Å². The lowest BCUT2D eigenvalue weighted by Gasteiger charge is -2.34. The van der Waals surface area contributed by atoms with E-state index in [2.05, 4.69) is 43.8 Å². The highest BCUT2D eigenvalue weighted by molar-refractivity contribution is 5.87. The zero-order chi connectivity index (χ0) is 21.2. The molecule has 0 atom stereocenters. The molecule has 3 heterocycles. The third kappa shape index (κ3) is 4.09. The first-order valence-corrected chi connectivity index (χ1v) is 10.7. The number of nitrogen functional groups attached to an aromatic ring is 1. The molecule has 1 aliphatic rings. The van der Waals surface area contributed by atoms with Gasteiger partial charge in [-0.05, 0) is 29.7 Å². The summed E-state index contributed by atoms with van der Waals surface area (Å²) in [5.41, 5.74) is 8.15. The molecule has 4 aromatic rings. The molecule has 7 nitrogen and oxygen atoms in total. The minimum atomic E-state index is 0.212. The predicted octanol–water partition coefficient (Wildman–Crippen LogP) is 2.90. The van der Waals surface area contributed by atoms with Gasteiger partial charge >= 0.3 is 0 Å². The predicted molar refractivity (Wildman–Crippen MR) is 122 cm³/mol. The number of nitrogens with zero attached hydrogens (tertiary/aromatic N) is 5. The van der Waals surface area contributed by atoms with Gasteiger partial charge in [0.25, 0.3) is 0 Å². The molecule has 0 unspecified atom stereocenters. The first-order valence-electron chi connectivity index (χ1n) is 10.7. The van der Waals surface area contributed by atoms with Crippen molar-refractivity contribution in [3.05, 3.63) is 66.6 Å². The van der Waals surface area contributed by atoms with Crippen molar-refractivity contribution in [2.75, 3.05) is 31.9 Å². The number of piperazine rings is 1. The van der Waals surface area contributed by atoms with Crippen LogP contribution >= 0.6 is 0 Å². The van der Waals surface area contributed by atoms with Gasteiger partial charge in [-0.15, -0.1) is 0 Å². The zero-order valence-electron chi connectivity index (χ0n) is 17.4. The van der Waals surface area contributed by atoms with Crippen molar-refractivity contribution in [2.45, 2.75) is 19.5 Å². The van der Waals surface area contributed by atoms with Crippen molar-refractivity contribution in [1.29, 1.82) is 0 Å². The van der Waals surface area contributed by atoms with Gasteiger partial charge < -0.3 is 15.2 Å². The van der Waals surface area contributed by atoms with E-state index in [1.54, 1.807) is 0 Å². The average Bonchev–Trinajstić information content (AvgIpc) is 3.21. The van der Waals surface area contributed by atoms with Crippen LogP contribution in [0.5, 0.6) is 0 Å². The number of hydrogen-bond acceptors (Lipinski definition) is 5. The Morgan fingerprint density at radius 1 is 0.935 bits per heavy atom. The van der Waals surface area contributed by atoms with E-state index in [0.29, 0.717) is 25.3 Å². The van der Waals surface area contributed by atoms with Gasteiger partial charge in [-0.2, -0.15) is 0 Å². The van der Waals surface area contributed by atoms with Gasteiger partial charge in [0.2, 0.25) is 5.91 Å². The Morgan fingerprint density at radius 3 is 2.58 bits per heavy atom. The van der Waals surface area contributed by atoms with Gasteiger partial charge in [-0.25, -0.2) is 9.97 Å². The Bertz CT molecular complexity index is 1230. The van der Waals surface area contributed by atoms with Gasteiger partial charge in [-0.3, -0.25) is 9.69 Å². The molecule has 1 aliphatic heterocycles. The topological polar surface area (TPSA) is 80.3 Å². The summed E-state index contributed by atoms with van der Waals surface area (Å²) in [5, 5.41) is 2.09. The van der Waals surface area contributed by atoms with E-state index in [4.69, 9.17) is 5.73 Å². The number of aryl methyl sites for hydroxylation is 1. The minimum Gasteiger partial charge on any atom is -0.383 e. The second-order valence-electron chi connectivity index (χ2n) is 8.02. The third-order valence-electron chi connectivity index (χ3n) is 6.02. The molecule has 1 fully saturated rings. The van der Waals surface area contributed by atoms with E-state index in [0.717, 1.165) is 42.9 Å². The Balaban J connectivity index is 1.15. The third-order valence-corrected chi connectivity index (χ3v) is 6.02. The highest BCUT2D eigenvalue weighted by Gasteiger charge is 2.22. The molecule has 1 saturated heterocycles. The number of carbonyl (C=O) groups is 1. The summed E-state index contributed by atoms with van der Waals surface area (Å²) in [7, 11) is 0. The number of hydrogen-bond donors (Lipinski definition) is 1. The summed E-state index contributed by atoms with van der Waals surface area (Å²) < 4.78 is 2.16. The number of para-hydroxylation sites is 2. The zero-order valence-corrected chi connectivity index (χ0v) is 17.4. The molecule has 31 heavy (non-hydrogen) atoms. The monoisotopic (exact) mass is 414 g/mol. The summed E-state index contributed by atoms with van der Waals surface area (Å²) in [4.78, 5) is 26.1. The molecule has 0 aliphatic carbocycles. The largest absolute Gasteiger partial charge is 0.383 e. The van der Waals surface area contributed by atoms with Gasteiger partial charge in [-0.1, -0.05) is 30.3 Å². The maximum Gasteiger partial charge on any atom is 0.224 e. The molecule has 0 radical (unpaired) electrons. The Labute approximate surface area is 181 Å². The number of anilines is 1. The smallest absolute Gasteiger partial charge is 0.224 e. The number of nitrogens with two attached hydrogens (primary N) is 1. The van der Waals surface area contributed by atoms with Crippen LogP contribution in [0.2, 0.25) is 0 Å². The molecule has 7 heteroatoms. The number of amides is 1. The molecule has 0 saturated carbocycles. The summed E-state index contributed by atoms with van der Waals surface area (Å²) >= 11 is 0. The second kappa shape index (κ2) is 8.35. The van der Waals surface area contributed by atoms with Gasteiger partial charge in [0.15, 0.2) is 0 Å². The van der Waals surface area contributed by atoms with Crippen molar-refractivity contribution in [2.24, 2.45) is 0 Å². The molecular formula is C24H26N6O. The summed E-state index contributed by atoms with van der Waals surface area (Å²) in [6, 6.07) is 18.2. The number of benzene rings is 2. The van der Waals surface area contributed by atoms with Crippen LogP contribution in [0, 0.1) is 0 Å². The lowest BCUT2D eigenvalue weighted by atomic mass is 10.2. The van der Waals surface area contributed by atoms with E-state index in [1.165, 1.54) is 10.9 Å². The lowest BCUT2D eigenvalue weighted by molar-refractivity contribution is -0.133. The van der Waals surface area contributed by atoms with E-state index in [9.17, 15) is 4.79 Å². The Hall–Kier alpha value is -3.45. The molecule has 0 spiro atoms. The summed E-state index contributed by atoms with van der Waals surface area (Å²) in [5.74, 6) is 1.46. The minimum absolute atomic E-state index is 0.212. The fourth-order valence-corrected chi connectivity index (χ4v) is 4.29. The Morgan fingerprint density at radius 2 is 1.71 bits per heavy atom. The van der Waals surface area contributed by atoms with Crippen molar-refractivity contribution in [1.82, 2.24) is 24.3 Å². The molecule has 2 N–H and O–H groups in total. The van der Waals surface area contributed by atoms with E-state index in [-0.39, 0.29) is 5.91 Å². The summed E-state index contributed by atoms with van der Waals surface area (Å²) in [6.45, 7) is 4.44. The molecule has 1 amide bonds. The van der Waals surface area contributed by atoms with Crippen molar-refractivity contribution >= 4 is 33.5 Å². The number of carbonyl (C=O) groups excluding carboxylic acids is 1. The molecule has 2 aromatic heterocycles. The van der Waals surface area contributed by atoms with E-state index >= 15 is 0 Å². The molecule has 5 rings (SSSR count). The number of aromatic nitrogens is 3. The quantitative estimate of drug-likeness (QED) is 0.543. The van der Waals surface area contributed by atoms with Gasteiger partial charge in [0, 0.05) is 56.2 Å². The van der Waals surface area contributed by atoms with Crippen LogP contribution in [-0.2, 0) is 17.9 Å². The van der Waals surface area contributed by atoms with Crippen molar-refractivity contribution in [3.63, 3.8) is 0 Å². The fourth-order valence-electron chi connectivity index (χ4n) is 4.29. The second-order valence-corrected chi connectivity index (χ2v) is 8.02. The normalized spacial score (nSPS) is 15.0. The highest BCUT2D eigenvalue weighted by Crippen LogP contribution is 2.19. The highest BCUT2D eigenvalue weighted by atomic mass is 16.2. The number of rotatable bonds is 5. The van der Waals surface area contributed by atoms with Gasteiger partial charge in [0.05, 0.1) is 12.1 Å². The van der Waals surface area contributed by atoms with E-state index < -0.39 is 0 Å². The van der Waals surface area contributed by atoms with Crippen LogP contribution in [0.15, 0.2) is 60.8 Å². The molecule has 158 valence electrons. The van der Waals surface area contributed by atoms with Crippen LogP contribution in [0.3, 0.4) is 0 Å². The maximum absolute atomic E-state index is 12.7. The summed E-state index contributed by atoms with van der Waals surface area (Å²) in [6.07, 6.45) is 2.58. The lowest BCUT2D eigenvalue weighted by Crippen LogP contribution is -2.48. The molecule has 0 bridgehead atoms. The van der Waals surface area contributed by atoms with Crippen LogP contribution in [0.1, 0.15) is 12.2 Å². The van der Waals surface area contributed by atoms with Crippen LogP contribution < -0.4 is 5.73 Å². The fraction of sp³-hybridized carbons (Fsp3) is 0.292. The van der Waals surface area contributed by atoms with Crippen molar-refractivity contribution in [3.8, 4) is 0 Å². The van der Waals surface area contributed by atoms with E-state index in [1.807, 2.05) is 41.3 Å². The van der Waals surface area contributed by atoms with Crippen LogP contribution in [0.4, 0.5) is 5.82 Å². The number of fused-ring (bicyclic) bond motifs is 2.